The number of ketones is 1. The lowest BCUT2D eigenvalue weighted by Gasteiger charge is -2.27. The SMILES string of the molecule is COc1ccnc(C(=O)C[C@@H](C)C(=O)O[C@@H](C)C(c2ccc(F)c(C)c2)c2ccc(F)c(C)c2)c1O. The van der Waals surface area contributed by atoms with Gasteiger partial charge in [0.25, 0.3) is 0 Å². The highest BCUT2D eigenvalue weighted by molar-refractivity contribution is 5.99. The lowest BCUT2D eigenvalue weighted by Crippen LogP contribution is -2.28. The first-order valence-corrected chi connectivity index (χ1v) is 11.5. The van der Waals surface area contributed by atoms with Crippen LogP contribution in [0.1, 0.15) is 58.9 Å². The molecule has 6 nitrogen and oxygen atoms in total. The standard InChI is InChI=1S/C28H29F2NO5/c1-15-12-19(6-8-21(15)29)25(20-7-9-22(30)16(2)13-20)18(4)36-28(34)17(3)14-23(32)26-27(33)24(35-5)10-11-31-26/h6-13,17-18,25,33H,14H2,1-5H3/t17-,18+/m1/s1. The van der Waals surface area contributed by atoms with Crippen molar-refractivity contribution in [3.8, 4) is 11.5 Å². The highest BCUT2D eigenvalue weighted by atomic mass is 19.1. The number of halogens is 2. The molecule has 36 heavy (non-hydrogen) atoms. The van der Waals surface area contributed by atoms with Gasteiger partial charge < -0.3 is 14.6 Å². The fourth-order valence-corrected chi connectivity index (χ4v) is 4.09. The van der Waals surface area contributed by atoms with Gasteiger partial charge in [0.2, 0.25) is 0 Å². The summed E-state index contributed by atoms with van der Waals surface area (Å²) in [6, 6.07) is 10.7. The van der Waals surface area contributed by atoms with Crippen molar-refractivity contribution in [1.29, 1.82) is 0 Å². The second kappa shape index (κ2) is 11.3. The van der Waals surface area contributed by atoms with Gasteiger partial charge in [-0.2, -0.15) is 0 Å². The Labute approximate surface area is 208 Å². The molecule has 1 aromatic heterocycles. The first kappa shape index (κ1) is 26.8. The second-order valence-corrected chi connectivity index (χ2v) is 8.88. The molecule has 3 aromatic rings. The maximum absolute atomic E-state index is 13.9. The van der Waals surface area contributed by atoms with Crippen LogP contribution in [0.3, 0.4) is 0 Å². The summed E-state index contributed by atoms with van der Waals surface area (Å²) in [6.45, 7) is 6.52. The average molecular weight is 498 g/mol. The van der Waals surface area contributed by atoms with Gasteiger partial charge in [0.05, 0.1) is 13.0 Å². The first-order chi connectivity index (χ1) is 17.0. The Balaban J connectivity index is 1.82. The van der Waals surface area contributed by atoms with Crippen molar-refractivity contribution in [2.75, 3.05) is 7.11 Å². The zero-order valence-corrected chi connectivity index (χ0v) is 20.8. The van der Waals surface area contributed by atoms with Gasteiger partial charge in [-0.1, -0.05) is 31.2 Å². The summed E-state index contributed by atoms with van der Waals surface area (Å²) >= 11 is 0. The maximum Gasteiger partial charge on any atom is 0.309 e. The van der Waals surface area contributed by atoms with Crippen molar-refractivity contribution in [2.24, 2.45) is 5.92 Å². The molecule has 0 amide bonds. The number of methoxy groups -OCH3 is 1. The van der Waals surface area contributed by atoms with Gasteiger partial charge in [0.15, 0.2) is 23.0 Å². The molecule has 0 saturated heterocycles. The predicted octanol–water partition coefficient (Wildman–Crippen LogP) is 5.66. The quantitative estimate of drug-likeness (QED) is 0.303. The van der Waals surface area contributed by atoms with Gasteiger partial charge in [-0.25, -0.2) is 13.8 Å². The minimum Gasteiger partial charge on any atom is -0.503 e. The Morgan fingerprint density at radius 1 is 0.972 bits per heavy atom. The number of esters is 1. The highest BCUT2D eigenvalue weighted by Crippen LogP contribution is 2.33. The first-order valence-electron chi connectivity index (χ1n) is 11.5. The summed E-state index contributed by atoms with van der Waals surface area (Å²) in [5, 5.41) is 10.2. The van der Waals surface area contributed by atoms with Crippen LogP contribution in [-0.2, 0) is 9.53 Å². The number of nitrogens with zero attached hydrogens (tertiary/aromatic N) is 1. The van der Waals surface area contributed by atoms with E-state index in [1.54, 1.807) is 52.0 Å². The van der Waals surface area contributed by atoms with Crippen LogP contribution in [0.2, 0.25) is 0 Å². The van der Waals surface area contributed by atoms with Crippen molar-refractivity contribution in [2.45, 2.75) is 46.1 Å². The van der Waals surface area contributed by atoms with Crippen molar-refractivity contribution in [1.82, 2.24) is 4.98 Å². The molecule has 0 unspecified atom stereocenters. The van der Waals surface area contributed by atoms with E-state index in [0.29, 0.717) is 22.3 Å². The Morgan fingerprint density at radius 3 is 2.03 bits per heavy atom. The Morgan fingerprint density at radius 2 is 1.53 bits per heavy atom. The molecule has 0 aliphatic heterocycles. The maximum atomic E-state index is 13.9. The van der Waals surface area contributed by atoms with E-state index in [1.165, 1.54) is 31.5 Å². The van der Waals surface area contributed by atoms with Gasteiger partial charge in [-0.15, -0.1) is 0 Å². The molecule has 0 bridgehead atoms. The van der Waals surface area contributed by atoms with Crippen molar-refractivity contribution < 1.29 is 33.0 Å². The lowest BCUT2D eigenvalue weighted by molar-refractivity contribution is -0.153. The molecule has 1 heterocycles. The van der Waals surface area contributed by atoms with Crippen LogP contribution in [0.5, 0.6) is 11.5 Å². The smallest absolute Gasteiger partial charge is 0.309 e. The number of pyridine rings is 1. The number of ether oxygens (including phenoxy) is 2. The molecular formula is C28H29F2NO5. The van der Waals surface area contributed by atoms with E-state index in [9.17, 15) is 23.5 Å². The van der Waals surface area contributed by atoms with Gasteiger partial charge in [-0.05, 0) is 55.2 Å². The van der Waals surface area contributed by atoms with E-state index < -0.39 is 35.4 Å². The molecule has 1 N–H and O–H groups in total. The van der Waals surface area contributed by atoms with Crippen LogP contribution in [0.15, 0.2) is 48.7 Å². The third-order valence-electron chi connectivity index (χ3n) is 6.12. The van der Waals surface area contributed by atoms with Crippen LogP contribution in [-0.4, -0.2) is 35.1 Å². The number of hydrogen-bond donors (Lipinski definition) is 1. The molecule has 3 rings (SSSR count). The van der Waals surface area contributed by atoms with Gasteiger partial charge in [0, 0.05) is 24.6 Å². The monoisotopic (exact) mass is 497 g/mol. The fourth-order valence-electron chi connectivity index (χ4n) is 4.09. The molecule has 0 aliphatic rings. The van der Waals surface area contributed by atoms with E-state index in [4.69, 9.17) is 9.47 Å². The van der Waals surface area contributed by atoms with Crippen LogP contribution in [0.25, 0.3) is 0 Å². The third-order valence-corrected chi connectivity index (χ3v) is 6.12. The van der Waals surface area contributed by atoms with Crippen LogP contribution < -0.4 is 4.74 Å². The number of rotatable bonds is 9. The zero-order valence-electron chi connectivity index (χ0n) is 20.8. The number of aromatic hydroxyl groups is 1. The predicted molar refractivity (Wildman–Crippen MR) is 130 cm³/mol. The summed E-state index contributed by atoms with van der Waals surface area (Å²) in [6.07, 6.45) is 0.375. The second-order valence-electron chi connectivity index (χ2n) is 8.88. The minimum absolute atomic E-state index is 0.101. The average Bonchev–Trinajstić information content (AvgIpc) is 2.83. The Bertz CT molecular complexity index is 1230. The van der Waals surface area contributed by atoms with Gasteiger partial charge in [0.1, 0.15) is 17.7 Å². The van der Waals surface area contributed by atoms with Gasteiger partial charge >= 0.3 is 5.97 Å². The molecule has 0 saturated carbocycles. The largest absolute Gasteiger partial charge is 0.503 e. The fraction of sp³-hybridized carbons (Fsp3) is 0.321. The zero-order chi connectivity index (χ0) is 26.6. The number of aryl methyl sites for hydroxylation is 2. The summed E-state index contributed by atoms with van der Waals surface area (Å²) in [4.78, 5) is 29.5. The van der Waals surface area contributed by atoms with Crippen molar-refractivity contribution in [3.63, 3.8) is 0 Å². The minimum atomic E-state index is -0.835. The molecule has 0 radical (unpaired) electrons. The Kier molecular flexibility index (Phi) is 8.40. The van der Waals surface area contributed by atoms with E-state index in [2.05, 4.69) is 4.98 Å². The molecule has 2 aromatic carbocycles. The molecule has 190 valence electrons. The lowest BCUT2D eigenvalue weighted by atomic mass is 9.85. The molecule has 2 atom stereocenters. The summed E-state index contributed by atoms with van der Waals surface area (Å²) in [5.74, 6) is -3.51. The molecule has 8 heteroatoms. The van der Waals surface area contributed by atoms with E-state index >= 15 is 0 Å². The van der Waals surface area contributed by atoms with E-state index in [1.807, 2.05) is 0 Å². The van der Waals surface area contributed by atoms with Crippen LogP contribution in [0.4, 0.5) is 8.78 Å². The highest BCUT2D eigenvalue weighted by Gasteiger charge is 2.29. The number of aromatic nitrogens is 1. The van der Waals surface area contributed by atoms with Gasteiger partial charge in [-0.3, -0.25) is 9.59 Å². The van der Waals surface area contributed by atoms with Crippen molar-refractivity contribution >= 4 is 11.8 Å². The van der Waals surface area contributed by atoms with E-state index in [0.717, 1.165) is 0 Å². The van der Waals surface area contributed by atoms with Crippen molar-refractivity contribution in [3.05, 3.63) is 88.2 Å². The summed E-state index contributed by atoms with van der Waals surface area (Å²) in [5.41, 5.74) is 2.08. The number of hydrogen-bond acceptors (Lipinski definition) is 6. The number of carbonyl (C=O) groups is 2. The molecule has 0 spiro atoms. The number of Topliss-reactive ketones (excluding diaryl/α,β-unsaturated/α-hetero) is 1. The number of carbonyl (C=O) groups excluding carboxylic acids is 2. The normalized spacial score (nSPS) is 12.8. The summed E-state index contributed by atoms with van der Waals surface area (Å²) in [7, 11) is 1.35. The van der Waals surface area contributed by atoms with Crippen LogP contribution in [0, 0.1) is 31.4 Å². The van der Waals surface area contributed by atoms with Crippen LogP contribution >= 0.6 is 0 Å². The molecule has 0 fully saturated rings. The topological polar surface area (TPSA) is 85.7 Å². The van der Waals surface area contributed by atoms with E-state index in [-0.39, 0.29) is 29.5 Å². The molecular weight excluding hydrogens is 468 g/mol. The Hall–Kier alpha value is -3.81. The number of benzene rings is 2. The summed E-state index contributed by atoms with van der Waals surface area (Å²) < 4.78 is 38.6. The third kappa shape index (κ3) is 5.87. The molecule has 0 aliphatic carbocycles.